The fraction of sp³-hybridized carbons (Fsp3) is 0.846. The van der Waals surface area contributed by atoms with E-state index in [1.54, 1.807) is 0 Å². The largest absolute Gasteiger partial charge is 0.469 e. The summed E-state index contributed by atoms with van der Waals surface area (Å²) < 4.78 is 4.88. The summed E-state index contributed by atoms with van der Waals surface area (Å²) in [6.45, 7) is 9.52. The molecule has 0 heterocycles. The Labute approximate surface area is 177 Å². The molecule has 0 aliphatic heterocycles. The molecule has 0 bridgehead atoms. The van der Waals surface area contributed by atoms with E-state index in [1.165, 1.54) is 44.8 Å². The van der Waals surface area contributed by atoms with Gasteiger partial charge in [0.05, 0.1) is 7.11 Å². The molecule has 0 unspecified atom stereocenters. The van der Waals surface area contributed by atoms with Gasteiger partial charge in [0.15, 0.2) is 5.78 Å². The van der Waals surface area contributed by atoms with Crippen LogP contribution in [0.25, 0.3) is 0 Å². The van der Waals surface area contributed by atoms with Crippen LogP contribution in [0, 0.1) is 40.4 Å². The predicted molar refractivity (Wildman–Crippen MR) is 115 cm³/mol. The molecule has 3 nitrogen and oxygen atoms in total. The Bertz CT molecular complexity index is 721. The van der Waals surface area contributed by atoms with Crippen molar-refractivity contribution < 1.29 is 14.3 Å². The topological polar surface area (TPSA) is 43.4 Å². The summed E-state index contributed by atoms with van der Waals surface area (Å²) in [5, 5.41) is 0. The van der Waals surface area contributed by atoms with Gasteiger partial charge in [-0.15, -0.1) is 0 Å². The van der Waals surface area contributed by atoms with Gasteiger partial charge in [0.25, 0.3) is 0 Å². The van der Waals surface area contributed by atoms with Crippen LogP contribution in [0.2, 0.25) is 0 Å². The molecule has 0 radical (unpaired) electrons. The summed E-state index contributed by atoms with van der Waals surface area (Å²) >= 11 is 0. The Kier molecular flexibility index (Phi) is 5.49. The smallest absolute Gasteiger partial charge is 0.305 e. The highest BCUT2D eigenvalue weighted by Gasteiger charge is 2.59. The van der Waals surface area contributed by atoms with E-state index in [0.29, 0.717) is 23.5 Å². The minimum absolute atomic E-state index is 0.0676. The Hall–Kier alpha value is -1.12. The second kappa shape index (κ2) is 7.54. The zero-order valence-electron chi connectivity index (χ0n) is 19.2. The lowest BCUT2D eigenvalue weighted by Gasteiger charge is -2.59. The van der Waals surface area contributed by atoms with Crippen LogP contribution < -0.4 is 0 Å². The molecular weight excluding hydrogens is 360 g/mol. The van der Waals surface area contributed by atoms with Gasteiger partial charge in [0.1, 0.15) is 0 Å². The molecule has 0 aromatic carbocycles. The summed E-state index contributed by atoms with van der Waals surface area (Å²) in [4.78, 5) is 24.0. The Morgan fingerprint density at radius 2 is 1.86 bits per heavy atom. The maximum Gasteiger partial charge on any atom is 0.305 e. The zero-order chi connectivity index (χ0) is 21.0. The fourth-order valence-corrected chi connectivity index (χ4v) is 8.61. The minimum Gasteiger partial charge on any atom is -0.469 e. The molecule has 4 rings (SSSR count). The van der Waals surface area contributed by atoms with Crippen molar-refractivity contribution in [2.24, 2.45) is 40.4 Å². The second-order valence-electron chi connectivity index (χ2n) is 11.2. The molecule has 0 aromatic heterocycles. The summed E-state index contributed by atoms with van der Waals surface area (Å²) in [5.74, 6) is 4.06. The van der Waals surface area contributed by atoms with Gasteiger partial charge in [-0.25, -0.2) is 0 Å². The van der Waals surface area contributed by atoms with Crippen LogP contribution in [0.15, 0.2) is 11.1 Å². The molecule has 0 spiro atoms. The molecule has 29 heavy (non-hydrogen) atoms. The molecule has 7 atom stereocenters. The molecule has 3 saturated carbocycles. The van der Waals surface area contributed by atoms with E-state index in [9.17, 15) is 9.59 Å². The van der Waals surface area contributed by atoms with Crippen LogP contribution in [-0.2, 0) is 14.3 Å². The molecular formula is C26H40O3. The first-order valence-corrected chi connectivity index (χ1v) is 12.0. The van der Waals surface area contributed by atoms with Crippen LogP contribution in [0.5, 0.6) is 0 Å². The number of methoxy groups -OCH3 is 1. The lowest BCUT2D eigenvalue weighted by molar-refractivity contribution is -0.141. The van der Waals surface area contributed by atoms with Gasteiger partial charge in [-0.3, -0.25) is 9.59 Å². The van der Waals surface area contributed by atoms with E-state index in [1.807, 2.05) is 0 Å². The highest BCUT2D eigenvalue weighted by atomic mass is 16.5. The first kappa shape index (κ1) is 21.1. The lowest BCUT2D eigenvalue weighted by Crippen LogP contribution is -2.51. The zero-order valence-corrected chi connectivity index (χ0v) is 19.2. The van der Waals surface area contributed by atoms with Crippen LogP contribution in [0.1, 0.15) is 91.9 Å². The van der Waals surface area contributed by atoms with Crippen LogP contribution in [0.4, 0.5) is 0 Å². The van der Waals surface area contributed by atoms with Crippen molar-refractivity contribution in [3.8, 4) is 0 Å². The van der Waals surface area contributed by atoms with Crippen molar-refractivity contribution in [3.63, 3.8) is 0 Å². The predicted octanol–water partition coefficient (Wildman–Crippen LogP) is 6.11. The fourth-order valence-electron chi connectivity index (χ4n) is 8.61. The van der Waals surface area contributed by atoms with Gasteiger partial charge < -0.3 is 4.74 Å². The molecule has 4 aliphatic carbocycles. The van der Waals surface area contributed by atoms with Crippen molar-refractivity contribution in [3.05, 3.63) is 11.1 Å². The quantitative estimate of drug-likeness (QED) is 0.534. The lowest BCUT2D eigenvalue weighted by atomic mass is 9.46. The maximum absolute atomic E-state index is 12.3. The summed E-state index contributed by atoms with van der Waals surface area (Å²) in [6, 6.07) is 0. The number of rotatable bonds is 4. The standard InChI is InChI=1S/C26H40O3/c1-16(6-11-24(28)29-5)19-9-10-21-18-7-8-20-17(2)23(27)13-15-26(20,4)22(18)12-14-25(19,21)3/h16,18-19,21-22H,6-15H2,1-5H3/t16-,18+,19-,21+,22+,25-,26+/m1/s1. The number of Topliss-reactive ketones (excluding diaryl/α,β-unsaturated/α-hetero) is 1. The van der Waals surface area contributed by atoms with Crippen molar-refractivity contribution in [1.29, 1.82) is 0 Å². The van der Waals surface area contributed by atoms with E-state index < -0.39 is 0 Å². The Balaban J connectivity index is 1.54. The van der Waals surface area contributed by atoms with Gasteiger partial charge >= 0.3 is 5.97 Å². The van der Waals surface area contributed by atoms with Crippen molar-refractivity contribution in [2.75, 3.05) is 7.11 Å². The van der Waals surface area contributed by atoms with E-state index in [0.717, 1.165) is 54.9 Å². The number of ketones is 1. The van der Waals surface area contributed by atoms with Gasteiger partial charge in [0.2, 0.25) is 0 Å². The Morgan fingerprint density at radius 3 is 2.59 bits per heavy atom. The number of esters is 1. The maximum atomic E-state index is 12.3. The van der Waals surface area contributed by atoms with Crippen LogP contribution in [0.3, 0.4) is 0 Å². The second-order valence-corrected chi connectivity index (χ2v) is 11.2. The van der Waals surface area contributed by atoms with Crippen molar-refractivity contribution in [1.82, 2.24) is 0 Å². The number of carbonyl (C=O) groups is 2. The highest BCUT2D eigenvalue weighted by molar-refractivity contribution is 5.96. The molecule has 3 fully saturated rings. The molecule has 162 valence electrons. The van der Waals surface area contributed by atoms with E-state index in [-0.39, 0.29) is 11.4 Å². The molecule has 3 heteroatoms. The number of fused-ring (bicyclic) bond motifs is 5. The average molecular weight is 401 g/mol. The number of hydrogen-bond donors (Lipinski definition) is 0. The molecule has 0 saturated heterocycles. The van der Waals surface area contributed by atoms with E-state index in [2.05, 4.69) is 27.7 Å². The van der Waals surface area contributed by atoms with Gasteiger partial charge in [-0.1, -0.05) is 26.3 Å². The molecule has 4 aliphatic rings. The van der Waals surface area contributed by atoms with Crippen LogP contribution >= 0.6 is 0 Å². The van der Waals surface area contributed by atoms with Crippen molar-refractivity contribution in [2.45, 2.75) is 91.9 Å². The minimum atomic E-state index is -0.0676. The summed E-state index contributed by atoms with van der Waals surface area (Å²) in [5.41, 5.74) is 3.30. The van der Waals surface area contributed by atoms with Gasteiger partial charge in [-0.2, -0.15) is 0 Å². The van der Waals surface area contributed by atoms with Gasteiger partial charge in [-0.05, 0) is 104 Å². The summed E-state index contributed by atoms with van der Waals surface area (Å²) in [6.07, 6.45) is 11.1. The third kappa shape index (κ3) is 3.22. The number of allylic oxidation sites excluding steroid dienone is 1. The normalized spacial score (nSPS) is 42.7. The highest BCUT2D eigenvalue weighted by Crippen LogP contribution is 2.68. The average Bonchev–Trinajstić information content (AvgIpc) is 3.06. The number of hydrogen-bond acceptors (Lipinski definition) is 3. The summed E-state index contributed by atoms with van der Waals surface area (Å²) in [7, 11) is 1.49. The number of ether oxygens (including phenoxy) is 1. The van der Waals surface area contributed by atoms with E-state index in [4.69, 9.17) is 4.74 Å². The first-order chi connectivity index (χ1) is 13.7. The third-order valence-corrected chi connectivity index (χ3v) is 10.2. The third-order valence-electron chi connectivity index (χ3n) is 10.2. The van der Waals surface area contributed by atoms with Gasteiger partial charge in [0, 0.05) is 12.8 Å². The molecule has 0 N–H and O–H groups in total. The number of carbonyl (C=O) groups excluding carboxylic acids is 2. The molecule has 0 amide bonds. The monoisotopic (exact) mass is 400 g/mol. The Morgan fingerprint density at radius 1 is 1.10 bits per heavy atom. The molecule has 0 aromatic rings. The first-order valence-electron chi connectivity index (χ1n) is 12.0. The SMILES string of the molecule is COC(=O)CC[C@@H](C)[C@H]1CC[C@H]2[C@@H]3CCC4=C(C)C(=O)CC[C@]4(C)[C@H]3CC[C@]12C. The van der Waals surface area contributed by atoms with Crippen molar-refractivity contribution >= 4 is 11.8 Å². The van der Waals surface area contributed by atoms with E-state index >= 15 is 0 Å². The van der Waals surface area contributed by atoms with Crippen LogP contribution in [-0.4, -0.2) is 18.9 Å².